The Hall–Kier alpha value is -0.820. The first-order chi connectivity index (χ1) is 5.96. The lowest BCUT2D eigenvalue weighted by molar-refractivity contribution is -0.165. The zero-order valence-electron chi connectivity index (χ0n) is 6.41. The fraction of sp³-hybridized carbons (Fsp3) is 0.500. The summed E-state index contributed by atoms with van der Waals surface area (Å²) in [6, 6.07) is -1.91. The van der Waals surface area contributed by atoms with Crippen LogP contribution in [0.4, 0.5) is 13.2 Å². The van der Waals surface area contributed by atoms with Crippen LogP contribution in [0.5, 0.6) is 0 Å². The number of hydrogen-bond acceptors (Lipinski definition) is 3. The van der Waals surface area contributed by atoms with Gasteiger partial charge in [0.1, 0.15) is 6.04 Å². The second kappa shape index (κ2) is 3.51. The molecule has 0 aliphatic carbocycles. The van der Waals surface area contributed by atoms with Gasteiger partial charge in [-0.15, -0.1) is 0 Å². The number of rotatable bonds is 2. The van der Waals surface area contributed by atoms with Crippen molar-refractivity contribution in [2.75, 3.05) is 6.54 Å². The van der Waals surface area contributed by atoms with Gasteiger partial charge in [-0.3, -0.25) is 9.36 Å². The van der Waals surface area contributed by atoms with Gasteiger partial charge in [0.05, 0.1) is 0 Å². The van der Waals surface area contributed by atoms with E-state index < -0.39 is 23.6 Å². The van der Waals surface area contributed by atoms with Crippen LogP contribution in [0.25, 0.3) is 0 Å². The number of nitrogens with two attached hydrogens (primary N) is 1. The molecule has 13 heavy (non-hydrogen) atoms. The average molecular weight is 212 g/mol. The lowest BCUT2D eigenvalue weighted by Crippen LogP contribution is -2.36. The molecule has 2 N–H and O–H groups in total. The first kappa shape index (κ1) is 10.3. The molecule has 0 saturated carbocycles. The highest BCUT2D eigenvalue weighted by Gasteiger charge is 2.40. The molecule has 0 aliphatic rings. The van der Waals surface area contributed by atoms with E-state index in [1.807, 2.05) is 0 Å². The number of alkyl halides is 3. The Balaban J connectivity index is 3.05. The van der Waals surface area contributed by atoms with E-state index in [0.717, 1.165) is 6.20 Å². The van der Waals surface area contributed by atoms with E-state index in [1.54, 1.807) is 0 Å². The SMILES string of the molecule is NCC(n1ccsc1=O)C(F)(F)F. The largest absolute Gasteiger partial charge is 0.410 e. The van der Waals surface area contributed by atoms with Crippen molar-refractivity contribution in [1.82, 2.24) is 4.57 Å². The third-order valence-corrected chi connectivity index (χ3v) is 2.21. The molecular weight excluding hydrogens is 205 g/mol. The Bertz CT molecular complexity index is 329. The van der Waals surface area contributed by atoms with Gasteiger partial charge in [0.2, 0.25) is 0 Å². The van der Waals surface area contributed by atoms with Crippen molar-refractivity contribution in [2.45, 2.75) is 12.2 Å². The van der Waals surface area contributed by atoms with Crippen LogP contribution in [0.1, 0.15) is 6.04 Å². The fourth-order valence-corrected chi connectivity index (χ4v) is 1.53. The predicted molar refractivity (Wildman–Crippen MR) is 42.7 cm³/mol. The van der Waals surface area contributed by atoms with Gasteiger partial charge in [0.15, 0.2) is 0 Å². The Kier molecular flexibility index (Phi) is 2.77. The molecule has 0 saturated heterocycles. The average Bonchev–Trinajstić information content (AvgIpc) is 2.35. The minimum atomic E-state index is -4.47. The van der Waals surface area contributed by atoms with Gasteiger partial charge in [0.25, 0.3) is 0 Å². The third-order valence-electron chi connectivity index (χ3n) is 1.54. The highest BCUT2D eigenvalue weighted by molar-refractivity contribution is 7.07. The van der Waals surface area contributed by atoms with Gasteiger partial charge in [-0.1, -0.05) is 11.3 Å². The maximum absolute atomic E-state index is 12.2. The molecule has 1 atom stereocenters. The van der Waals surface area contributed by atoms with E-state index >= 15 is 0 Å². The highest BCUT2D eigenvalue weighted by atomic mass is 32.1. The van der Waals surface area contributed by atoms with Crippen molar-refractivity contribution in [1.29, 1.82) is 0 Å². The van der Waals surface area contributed by atoms with Crippen molar-refractivity contribution in [2.24, 2.45) is 5.73 Å². The number of thiazole rings is 1. The van der Waals surface area contributed by atoms with Crippen LogP contribution in [-0.4, -0.2) is 17.3 Å². The smallest absolute Gasteiger partial charge is 0.328 e. The van der Waals surface area contributed by atoms with Crippen molar-refractivity contribution >= 4 is 11.3 Å². The maximum Gasteiger partial charge on any atom is 0.410 e. The van der Waals surface area contributed by atoms with Crippen LogP contribution >= 0.6 is 11.3 Å². The van der Waals surface area contributed by atoms with E-state index in [2.05, 4.69) is 0 Å². The molecule has 0 aromatic carbocycles. The molecule has 1 heterocycles. The predicted octanol–water partition coefficient (Wildman–Crippen LogP) is 0.972. The molecule has 74 valence electrons. The Labute approximate surface area is 75.6 Å². The van der Waals surface area contributed by atoms with Crippen molar-refractivity contribution in [3.8, 4) is 0 Å². The Morgan fingerprint density at radius 2 is 2.23 bits per heavy atom. The molecule has 0 aliphatic heterocycles. The number of halogens is 3. The maximum atomic E-state index is 12.2. The van der Waals surface area contributed by atoms with Crippen LogP contribution in [0.15, 0.2) is 16.4 Å². The van der Waals surface area contributed by atoms with Gasteiger partial charge in [-0.25, -0.2) is 0 Å². The van der Waals surface area contributed by atoms with Gasteiger partial charge in [-0.2, -0.15) is 13.2 Å². The Morgan fingerprint density at radius 1 is 1.62 bits per heavy atom. The molecular formula is C6H7F3N2OS. The molecule has 0 bridgehead atoms. The zero-order chi connectivity index (χ0) is 10.1. The summed E-state index contributed by atoms with van der Waals surface area (Å²) in [6.07, 6.45) is -3.38. The summed E-state index contributed by atoms with van der Waals surface area (Å²) in [6.45, 7) is -0.625. The first-order valence-corrected chi connectivity index (χ1v) is 4.27. The number of aromatic nitrogens is 1. The molecule has 0 radical (unpaired) electrons. The highest BCUT2D eigenvalue weighted by Crippen LogP contribution is 2.28. The second-order valence-electron chi connectivity index (χ2n) is 2.37. The van der Waals surface area contributed by atoms with Gasteiger partial charge in [-0.05, 0) is 0 Å². The van der Waals surface area contributed by atoms with Crippen LogP contribution in [0.2, 0.25) is 0 Å². The third kappa shape index (κ3) is 2.10. The van der Waals surface area contributed by atoms with E-state index in [1.165, 1.54) is 5.38 Å². The summed E-state index contributed by atoms with van der Waals surface area (Å²) in [5.74, 6) is 0. The minimum absolute atomic E-state index is 0.602. The number of nitrogens with zero attached hydrogens (tertiary/aromatic N) is 1. The summed E-state index contributed by atoms with van der Waals surface area (Å²) in [7, 11) is 0. The van der Waals surface area contributed by atoms with Crippen LogP contribution < -0.4 is 10.6 Å². The zero-order valence-corrected chi connectivity index (χ0v) is 7.23. The molecule has 1 unspecified atom stereocenters. The lowest BCUT2D eigenvalue weighted by Gasteiger charge is -2.18. The molecule has 1 aromatic heterocycles. The first-order valence-electron chi connectivity index (χ1n) is 3.39. The van der Waals surface area contributed by atoms with E-state index in [0.29, 0.717) is 15.9 Å². The summed E-state index contributed by atoms with van der Waals surface area (Å²) >= 11 is 0.716. The second-order valence-corrected chi connectivity index (χ2v) is 3.23. The molecule has 1 aromatic rings. The van der Waals surface area contributed by atoms with Crippen LogP contribution in [-0.2, 0) is 0 Å². The molecule has 0 amide bonds. The molecule has 1 rings (SSSR count). The van der Waals surface area contributed by atoms with E-state index in [9.17, 15) is 18.0 Å². The van der Waals surface area contributed by atoms with Gasteiger partial charge >= 0.3 is 11.0 Å². The number of hydrogen-bond donors (Lipinski definition) is 1. The van der Waals surface area contributed by atoms with Crippen molar-refractivity contribution in [3.05, 3.63) is 21.2 Å². The van der Waals surface area contributed by atoms with E-state index in [-0.39, 0.29) is 0 Å². The van der Waals surface area contributed by atoms with Gasteiger partial charge < -0.3 is 5.73 Å². The van der Waals surface area contributed by atoms with Gasteiger partial charge in [0, 0.05) is 18.1 Å². The quantitative estimate of drug-likeness (QED) is 0.794. The summed E-state index contributed by atoms with van der Waals surface area (Å²) in [5, 5.41) is 1.30. The van der Waals surface area contributed by atoms with Crippen LogP contribution in [0, 0.1) is 0 Å². The fourth-order valence-electron chi connectivity index (χ4n) is 0.912. The molecule has 0 spiro atoms. The van der Waals surface area contributed by atoms with Crippen molar-refractivity contribution in [3.63, 3.8) is 0 Å². The normalized spacial score (nSPS) is 14.5. The molecule has 3 nitrogen and oxygen atoms in total. The standard InChI is InChI=1S/C6H7F3N2OS/c7-6(8,9)4(3-10)11-1-2-13-5(11)12/h1-2,4H,3,10H2. The lowest BCUT2D eigenvalue weighted by atomic mass is 10.3. The molecule has 7 heteroatoms. The van der Waals surface area contributed by atoms with Crippen LogP contribution in [0.3, 0.4) is 0 Å². The minimum Gasteiger partial charge on any atom is -0.328 e. The monoisotopic (exact) mass is 212 g/mol. The Morgan fingerprint density at radius 3 is 2.54 bits per heavy atom. The van der Waals surface area contributed by atoms with Crippen molar-refractivity contribution < 1.29 is 13.2 Å². The summed E-state index contributed by atoms with van der Waals surface area (Å²) in [4.78, 5) is 10.2. The van der Waals surface area contributed by atoms with E-state index in [4.69, 9.17) is 5.73 Å². The summed E-state index contributed by atoms with van der Waals surface area (Å²) in [5.41, 5.74) is 4.94. The molecule has 0 fully saturated rings. The summed E-state index contributed by atoms with van der Waals surface area (Å²) < 4.78 is 37.3. The topological polar surface area (TPSA) is 48.0 Å².